The maximum Gasteiger partial charge on any atom is 0.0991 e. The molecule has 1 aliphatic rings. The smallest absolute Gasteiger partial charge is 0.0991 e. The van der Waals surface area contributed by atoms with E-state index >= 15 is 0 Å². The number of hydrogen-bond donors (Lipinski definition) is 0. The number of fused-ring (bicyclic) bond motifs is 6. The Morgan fingerprint density at radius 2 is 1.04 bits per heavy atom. The Hall–Kier alpha value is -6.11. The van der Waals surface area contributed by atoms with Crippen molar-refractivity contribution in [1.82, 2.24) is 9.13 Å². The van der Waals surface area contributed by atoms with Crippen molar-refractivity contribution in [3.05, 3.63) is 163 Å². The molecule has 0 amide bonds. The third kappa shape index (κ3) is 3.98. The number of hydrogen-bond acceptors (Lipinski definition) is 1. The number of para-hydroxylation sites is 4. The second-order valence-electron chi connectivity index (χ2n) is 12.0. The molecule has 3 heteroatoms. The first kappa shape index (κ1) is 26.3. The molecule has 2 heterocycles. The van der Waals surface area contributed by atoms with Crippen LogP contribution in [-0.4, -0.2) is 9.13 Å². The molecule has 3 nitrogen and oxygen atoms in total. The number of nitrogens with zero attached hydrogens (tertiary/aromatic N) is 3. The van der Waals surface area contributed by atoms with Crippen molar-refractivity contribution in [2.75, 3.05) is 0 Å². The fraction of sp³-hybridized carbons (Fsp3) is 0.0465. The van der Waals surface area contributed by atoms with E-state index in [1.165, 1.54) is 54.9 Å². The molecule has 9 rings (SSSR count). The van der Waals surface area contributed by atoms with Gasteiger partial charge in [0.05, 0.1) is 33.7 Å². The lowest BCUT2D eigenvalue weighted by atomic mass is 9.88. The van der Waals surface area contributed by atoms with E-state index in [-0.39, 0.29) is 0 Å². The summed E-state index contributed by atoms with van der Waals surface area (Å²) in [7, 11) is 0. The molecule has 216 valence electrons. The van der Waals surface area contributed by atoms with Gasteiger partial charge in [-0.25, -0.2) is 0 Å². The Kier molecular flexibility index (Phi) is 6.01. The van der Waals surface area contributed by atoms with E-state index in [2.05, 4.69) is 155 Å². The maximum atomic E-state index is 9.94. The Balaban J connectivity index is 1.24. The Morgan fingerprint density at radius 3 is 1.59 bits per heavy atom. The lowest BCUT2D eigenvalue weighted by Crippen LogP contribution is -2.04. The molecular weight excluding hydrogens is 558 g/mol. The number of benzene rings is 6. The fourth-order valence-corrected chi connectivity index (χ4v) is 7.42. The van der Waals surface area contributed by atoms with Gasteiger partial charge in [-0.2, -0.15) is 5.26 Å². The first-order valence-corrected chi connectivity index (χ1v) is 15.8. The molecule has 1 aliphatic carbocycles. The lowest BCUT2D eigenvalue weighted by Gasteiger charge is -2.22. The highest BCUT2D eigenvalue weighted by molar-refractivity contribution is 6.12. The predicted octanol–water partition coefficient (Wildman–Crippen LogP) is 11.1. The zero-order valence-corrected chi connectivity index (χ0v) is 25.2. The van der Waals surface area contributed by atoms with Gasteiger partial charge in [0, 0.05) is 38.5 Å². The molecule has 0 N–H and O–H groups in total. The number of nitriles is 1. The average Bonchev–Trinajstić information content (AvgIpc) is 3.65. The molecule has 0 radical (unpaired) electrons. The second-order valence-corrected chi connectivity index (χ2v) is 12.0. The molecule has 46 heavy (non-hydrogen) atoms. The lowest BCUT2D eigenvalue weighted by molar-refractivity contribution is 0.984. The van der Waals surface area contributed by atoms with E-state index in [1.807, 2.05) is 12.1 Å². The molecule has 0 unspecified atom stereocenters. The van der Waals surface area contributed by atoms with Crippen LogP contribution in [0.4, 0.5) is 0 Å². The van der Waals surface area contributed by atoms with Crippen molar-refractivity contribution in [2.45, 2.75) is 12.8 Å². The van der Waals surface area contributed by atoms with Crippen molar-refractivity contribution in [2.24, 2.45) is 0 Å². The Labute approximate surface area is 267 Å². The van der Waals surface area contributed by atoms with Crippen LogP contribution in [0, 0.1) is 11.3 Å². The van der Waals surface area contributed by atoms with Crippen molar-refractivity contribution < 1.29 is 0 Å². The van der Waals surface area contributed by atoms with E-state index in [1.54, 1.807) is 0 Å². The van der Waals surface area contributed by atoms with Crippen LogP contribution in [0.15, 0.2) is 152 Å². The molecule has 0 fully saturated rings. The summed E-state index contributed by atoms with van der Waals surface area (Å²) in [5.41, 5.74) is 12.4. The summed E-state index contributed by atoms with van der Waals surface area (Å²) in [6.07, 6.45) is 6.47. The summed E-state index contributed by atoms with van der Waals surface area (Å²) < 4.78 is 4.80. The van der Waals surface area contributed by atoms with Crippen molar-refractivity contribution >= 4 is 54.9 Å². The van der Waals surface area contributed by atoms with Crippen LogP contribution in [0.5, 0.6) is 0 Å². The predicted molar refractivity (Wildman–Crippen MR) is 192 cm³/mol. The molecule has 0 aliphatic heterocycles. The SMILES string of the molecule is N#Cc1ccc(C2=C(n3c4ccccc4c4ccccc43)CCC=C2)c(-c2ccc(-n3c4ccccc4c4ccccc43)cc2)c1. The van der Waals surface area contributed by atoms with Gasteiger partial charge in [0.15, 0.2) is 0 Å². The molecule has 2 aromatic heterocycles. The largest absolute Gasteiger partial charge is 0.312 e. The molecule has 0 spiro atoms. The zero-order chi connectivity index (χ0) is 30.6. The van der Waals surface area contributed by atoms with Crippen LogP contribution in [0.2, 0.25) is 0 Å². The molecule has 0 saturated heterocycles. The third-order valence-corrected chi connectivity index (χ3v) is 9.45. The monoisotopic (exact) mass is 587 g/mol. The van der Waals surface area contributed by atoms with Crippen molar-refractivity contribution in [3.63, 3.8) is 0 Å². The van der Waals surface area contributed by atoms with Gasteiger partial charge >= 0.3 is 0 Å². The van der Waals surface area contributed by atoms with E-state index in [0.29, 0.717) is 5.56 Å². The Morgan fingerprint density at radius 1 is 0.522 bits per heavy atom. The van der Waals surface area contributed by atoms with E-state index in [4.69, 9.17) is 0 Å². The van der Waals surface area contributed by atoms with Gasteiger partial charge in [0.2, 0.25) is 0 Å². The summed E-state index contributed by atoms with van der Waals surface area (Å²) in [6.45, 7) is 0. The van der Waals surface area contributed by atoms with E-state index in [0.717, 1.165) is 35.2 Å². The number of allylic oxidation sites excluding steroid dienone is 4. The molecule has 0 atom stereocenters. The minimum Gasteiger partial charge on any atom is -0.312 e. The number of aromatic nitrogens is 2. The topological polar surface area (TPSA) is 33.6 Å². The molecule has 0 saturated carbocycles. The Bertz CT molecular complexity index is 2480. The summed E-state index contributed by atoms with van der Waals surface area (Å²) in [5, 5.41) is 15.0. The third-order valence-electron chi connectivity index (χ3n) is 9.45. The summed E-state index contributed by atoms with van der Waals surface area (Å²) in [5.74, 6) is 0. The number of rotatable bonds is 4. The summed E-state index contributed by atoms with van der Waals surface area (Å²) in [4.78, 5) is 0. The molecule has 6 aromatic carbocycles. The minimum absolute atomic E-state index is 0.657. The quantitative estimate of drug-likeness (QED) is 0.202. The fourth-order valence-electron chi connectivity index (χ4n) is 7.42. The van der Waals surface area contributed by atoms with Gasteiger partial charge in [-0.1, -0.05) is 103 Å². The summed E-state index contributed by atoms with van der Waals surface area (Å²) in [6, 6.07) is 51.9. The van der Waals surface area contributed by atoms with Gasteiger partial charge in [0.25, 0.3) is 0 Å². The van der Waals surface area contributed by atoms with Gasteiger partial charge < -0.3 is 9.13 Å². The summed E-state index contributed by atoms with van der Waals surface area (Å²) >= 11 is 0. The van der Waals surface area contributed by atoms with Crippen LogP contribution >= 0.6 is 0 Å². The van der Waals surface area contributed by atoms with Crippen LogP contribution in [0.25, 0.3) is 71.7 Å². The highest BCUT2D eigenvalue weighted by Gasteiger charge is 2.21. The van der Waals surface area contributed by atoms with Crippen LogP contribution in [-0.2, 0) is 0 Å². The minimum atomic E-state index is 0.657. The van der Waals surface area contributed by atoms with Crippen LogP contribution in [0.1, 0.15) is 24.0 Å². The van der Waals surface area contributed by atoms with Crippen molar-refractivity contribution in [3.8, 4) is 22.9 Å². The maximum absolute atomic E-state index is 9.94. The van der Waals surface area contributed by atoms with Crippen LogP contribution in [0.3, 0.4) is 0 Å². The van der Waals surface area contributed by atoms with Crippen LogP contribution < -0.4 is 0 Å². The van der Waals surface area contributed by atoms with Gasteiger partial charge in [-0.05, 0) is 78.1 Å². The second kappa shape index (κ2) is 10.5. The van der Waals surface area contributed by atoms with Gasteiger partial charge in [0.1, 0.15) is 0 Å². The van der Waals surface area contributed by atoms with Gasteiger partial charge in [-0.15, -0.1) is 0 Å². The molecule has 8 aromatic rings. The zero-order valence-electron chi connectivity index (χ0n) is 25.2. The van der Waals surface area contributed by atoms with Gasteiger partial charge in [-0.3, -0.25) is 0 Å². The highest BCUT2D eigenvalue weighted by Crippen LogP contribution is 2.41. The first-order chi connectivity index (χ1) is 22.8. The van der Waals surface area contributed by atoms with Crippen molar-refractivity contribution in [1.29, 1.82) is 5.26 Å². The average molecular weight is 588 g/mol. The molecule has 0 bridgehead atoms. The normalized spacial score (nSPS) is 13.3. The van der Waals surface area contributed by atoms with E-state index < -0.39 is 0 Å². The first-order valence-electron chi connectivity index (χ1n) is 15.8. The standard InChI is InChI=1S/C43H29N3/c44-28-29-21-26-32(33-11-1-8-18-41(33)46-42-19-9-4-14-36(42)37-15-5-10-20-43(37)46)38(27-29)30-22-24-31(25-23-30)45-39-16-6-2-12-34(39)35-13-3-7-17-40(35)45/h1-7,9-17,19-27H,8,18H2. The highest BCUT2D eigenvalue weighted by atomic mass is 15.0. The molecular formula is C43H29N3. The van der Waals surface area contributed by atoms with E-state index in [9.17, 15) is 5.26 Å².